The van der Waals surface area contributed by atoms with Crippen LogP contribution in [0.3, 0.4) is 0 Å². The molecule has 1 unspecified atom stereocenters. The first-order valence-corrected chi connectivity index (χ1v) is 6.18. The van der Waals surface area contributed by atoms with Gasteiger partial charge in [0.15, 0.2) is 10.7 Å². The summed E-state index contributed by atoms with van der Waals surface area (Å²) in [5.41, 5.74) is -0.0797. The number of aromatic nitrogens is 1. The molecule has 0 aliphatic rings. The molecule has 0 saturated heterocycles. The summed E-state index contributed by atoms with van der Waals surface area (Å²) in [5.74, 6) is -1.01. The molecule has 0 aromatic carbocycles. The molecule has 1 rings (SSSR count). The zero-order valence-electron chi connectivity index (χ0n) is 10.3. The van der Waals surface area contributed by atoms with Crippen LogP contribution < -0.4 is 0 Å². The summed E-state index contributed by atoms with van der Waals surface area (Å²) in [5, 5.41) is 10.3. The molecule has 1 atom stereocenters. The molecule has 0 fully saturated rings. The summed E-state index contributed by atoms with van der Waals surface area (Å²) in [4.78, 5) is 28.1. The maximum Gasteiger partial charge on any atom is 0.355 e. The van der Waals surface area contributed by atoms with Crippen molar-refractivity contribution in [2.45, 2.75) is 26.8 Å². The van der Waals surface area contributed by atoms with Crippen molar-refractivity contribution < 1.29 is 14.7 Å². The molecule has 0 aliphatic heterocycles. The predicted octanol–water partition coefficient (Wildman–Crippen LogP) is 1.96. The number of carboxylic acid groups (broad SMARTS) is 1. The van der Waals surface area contributed by atoms with Crippen LogP contribution in [-0.2, 0) is 0 Å². The monoisotopic (exact) mass is 256 g/mol. The highest BCUT2D eigenvalue weighted by atomic mass is 32.1. The van der Waals surface area contributed by atoms with Crippen molar-refractivity contribution >= 4 is 23.2 Å². The predicted molar refractivity (Wildman–Crippen MR) is 65.5 cm³/mol. The van der Waals surface area contributed by atoms with E-state index in [0.29, 0.717) is 5.92 Å². The fraction of sp³-hybridized carbons (Fsp3) is 0.545. The molecular weight excluding hydrogens is 240 g/mol. The Morgan fingerprint density at radius 3 is 2.41 bits per heavy atom. The molecule has 6 heteroatoms. The van der Waals surface area contributed by atoms with Crippen LogP contribution in [0.15, 0.2) is 5.38 Å². The summed E-state index contributed by atoms with van der Waals surface area (Å²) in [6.45, 7) is 6.01. The van der Waals surface area contributed by atoms with Gasteiger partial charge in [0.05, 0.1) is 0 Å². The van der Waals surface area contributed by atoms with E-state index < -0.39 is 5.97 Å². The Labute approximate surface area is 104 Å². The number of aromatic carboxylic acids is 1. The fourth-order valence-corrected chi connectivity index (χ4v) is 2.03. The van der Waals surface area contributed by atoms with Crippen LogP contribution in [0.25, 0.3) is 0 Å². The van der Waals surface area contributed by atoms with E-state index in [9.17, 15) is 9.59 Å². The topological polar surface area (TPSA) is 70.5 Å². The summed E-state index contributed by atoms with van der Waals surface area (Å²) < 4.78 is 0. The number of hydrogen-bond acceptors (Lipinski definition) is 4. The number of rotatable bonds is 4. The molecule has 0 aliphatic carbocycles. The molecule has 1 aromatic heterocycles. The highest BCUT2D eigenvalue weighted by molar-refractivity contribution is 7.11. The minimum atomic E-state index is -1.11. The van der Waals surface area contributed by atoms with Gasteiger partial charge in [-0.3, -0.25) is 4.79 Å². The average Bonchev–Trinajstić information content (AvgIpc) is 2.75. The number of nitrogens with zero attached hydrogens (tertiary/aromatic N) is 2. The van der Waals surface area contributed by atoms with Crippen LogP contribution >= 0.6 is 11.3 Å². The van der Waals surface area contributed by atoms with Gasteiger partial charge in [0.25, 0.3) is 5.91 Å². The molecule has 5 nitrogen and oxygen atoms in total. The Bertz CT molecular complexity index is 428. The number of carboxylic acids is 1. The molecule has 0 bridgehead atoms. The second-order valence-corrected chi connectivity index (χ2v) is 5.10. The second kappa shape index (κ2) is 5.27. The zero-order valence-corrected chi connectivity index (χ0v) is 11.1. The third-order valence-electron chi connectivity index (χ3n) is 2.80. The van der Waals surface area contributed by atoms with Gasteiger partial charge in [-0.05, 0) is 12.8 Å². The molecule has 0 spiro atoms. The molecule has 1 N–H and O–H groups in total. The maximum atomic E-state index is 12.0. The molecule has 1 heterocycles. The van der Waals surface area contributed by atoms with Crippen molar-refractivity contribution in [2.75, 3.05) is 7.05 Å². The van der Waals surface area contributed by atoms with Crippen LogP contribution in [0.5, 0.6) is 0 Å². The number of hydrogen-bond donors (Lipinski definition) is 1. The number of amides is 1. The molecule has 17 heavy (non-hydrogen) atoms. The quantitative estimate of drug-likeness (QED) is 0.894. The van der Waals surface area contributed by atoms with Gasteiger partial charge in [0.2, 0.25) is 0 Å². The Morgan fingerprint density at radius 2 is 2.00 bits per heavy atom. The second-order valence-electron chi connectivity index (χ2n) is 4.24. The van der Waals surface area contributed by atoms with E-state index in [1.54, 1.807) is 11.9 Å². The van der Waals surface area contributed by atoms with Crippen molar-refractivity contribution in [1.29, 1.82) is 0 Å². The normalized spacial score (nSPS) is 12.5. The minimum absolute atomic E-state index is 0.0797. The molecule has 0 radical (unpaired) electrons. The lowest BCUT2D eigenvalue weighted by atomic mass is 10.1. The lowest BCUT2D eigenvalue weighted by Gasteiger charge is -2.27. The number of thiazole rings is 1. The summed E-state index contributed by atoms with van der Waals surface area (Å²) in [7, 11) is 1.70. The van der Waals surface area contributed by atoms with E-state index in [4.69, 9.17) is 5.11 Å². The third-order valence-corrected chi connectivity index (χ3v) is 3.63. The molecule has 0 saturated carbocycles. The van der Waals surface area contributed by atoms with Crippen molar-refractivity contribution in [3.8, 4) is 0 Å². The standard InChI is InChI=1S/C11H16N2O3S/c1-6(2)7(3)13(4)10(14)9-12-8(5-17-9)11(15)16/h5-7H,1-4H3,(H,15,16). The Hall–Kier alpha value is -1.43. The van der Waals surface area contributed by atoms with Gasteiger partial charge in [-0.1, -0.05) is 13.8 Å². The molecular formula is C11H16N2O3S. The Kier molecular flexibility index (Phi) is 4.22. The lowest BCUT2D eigenvalue weighted by Crippen LogP contribution is -2.38. The third kappa shape index (κ3) is 3.03. The molecule has 1 amide bonds. The number of carbonyl (C=O) groups excluding carboxylic acids is 1. The van der Waals surface area contributed by atoms with Gasteiger partial charge >= 0.3 is 5.97 Å². The van der Waals surface area contributed by atoms with Crippen LogP contribution in [0.4, 0.5) is 0 Å². The summed E-state index contributed by atoms with van der Waals surface area (Å²) >= 11 is 1.06. The summed E-state index contributed by atoms with van der Waals surface area (Å²) in [6, 6.07) is 0.0830. The van der Waals surface area contributed by atoms with Gasteiger partial charge in [-0.25, -0.2) is 9.78 Å². The van der Waals surface area contributed by atoms with E-state index in [2.05, 4.69) is 4.98 Å². The van der Waals surface area contributed by atoms with Gasteiger partial charge in [-0.15, -0.1) is 11.3 Å². The smallest absolute Gasteiger partial charge is 0.355 e. The van der Waals surface area contributed by atoms with E-state index in [-0.39, 0.29) is 22.7 Å². The highest BCUT2D eigenvalue weighted by Gasteiger charge is 2.23. The first kappa shape index (κ1) is 13.6. The summed E-state index contributed by atoms with van der Waals surface area (Å²) in [6.07, 6.45) is 0. The first-order valence-electron chi connectivity index (χ1n) is 5.30. The van der Waals surface area contributed by atoms with E-state index >= 15 is 0 Å². The fourth-order valence-electron chi connectivity index (χ4n) is 1.25. The Balaban J connectivity index is 2.85. The maximum absolute atomic E-state index is 12.0. The Morgan fingerprint density at radius 1 is 1.41 bits per heavy atom. The van der Waals surface area contributed by atoms with E-state index in [0.717, 1.165) is 11.3 Å². The minimum Gasteiger partial charge on any atom is -0.476 e. The van der Waals surface area contributed by atoms with Crippen molar-refractivity contribution in [2.24, 2.45) is 5.92 Å². The van der Waals surface area contributed by atoms with Crippen molar-refractivity contribution in [3.05, 3.63) is 16.1 Å². The van der Waals surface area contributed by atoms with Crippen molar-refractivity contribution in [1.82, 2.24) is 9.88 Å². The van der Waals surface area contributed by atoms with E-state index in [1.807, 2.05) is 20.8 Å². The van der Waals surface area contributed by atoms with Crippen LogP contribution in [0.1, 0.15) is 41.1 Å². The SMILES string of the molecule is CC(C)C(C)N(C)C(=O)c1nc(C(=O)O)cs1. The average molecular weight is 256 g/mol. The van der Waals surface area contributed by atoms with E-state index in [1.165, 1.54) is 5.38 Å². The molecule has 1 aromatic rings. The van der Waals surface area contributed by atoms with Gasteiger partial charge in [0.1, 0.15) is 0 Å². The highest BCUT2D eigenvalue weighted by Crippen LogP contribution is 2.16. The van der Waals surface area contributed by atoms with Gasteiger partial charge < -0.3 is 10.0 Å². The van der Waals surface area contributed by atoms with Crippen LogP contribution in [0, 0.1) is 5.92 Å². The van der Waals surface area contributed by atoms with Gasteiger partial charge in [0, 0.05) is 18.5 Å². The zero-order chi connectivity index (χ0) is 13.2. The first-order chi connectivity index (χ1) is 7.84. The van der Waals surface area contributed by atoms with Crippen LogP contribution in [-0.4, -0.2) is 40.0 Å². The van der Waals surface area contributed by atoms with Crippen molar-refractivity contribution in [3.63, 3.8) is 0 Å². The van der Waals surface area contributed by atoms with Crippen LogP contribution in [0.2, 0.25) is 0 Å². The number of carbonyl (C=O) groups is 2. The molecule has 94 valence electrons. The largest absolute Gasteiger partial charge is 0.476 e. The lowest BCUT2D eigenvalue weighted by molar-refractivity contribution is 0.0690. The van der Waals surface area contributed by atoms with Gasteiger partial charge in [-0.2, -0.15) is 0 Å².